The zero-order valence-corrected chi connectivity index (χ0v) is 15.6. The highest BCUT2D eigenvalue weighted by molar-refractivity contribution is 6.32. The van der Waals surface area contributed by atoms with Crippen LogP contribution in [0.15, 0.2) is 70.7 Å². The van der Waals surface area contributed by atoms with Gasteiger partial charge in [0, 0.05) is 5.56 Å². The van der Waals surface area contributed by atoms with Crippen molar-refractivity contribution >= 4 is 23.5 Å². The van der Waals surface area contributed by atoms with Crippen molar-refractivity contribution in [3.63, 3.8) is 0 Å². The lowest BCUT2D eigenvalue weighted by atomic mass is 10.2. The topological polar surface area (TPSA) is 68.5 Å². The zero-order chi connectivity index (χ0) is 19.1. The minimum atomic E-state index is -0.422. The van der Waals surface area contributed by atoms with Gasteiger partial charge in [-0.1, -0.05) is 48.9 Å². The molecule has 2 aromatic carbocycles. The van der Waals surface area contributed by atoms with Gasteiger partial charge in [-0.2, -0.15) is 14.9 Å². The Balaban J connectivity index is 1.79. The Kier molecular flexibility index (Phi) is 6.22. The van der Waals surface area contributed by atoms with Gasteiger partial charge in [0.05, 0.1) is 24.7 Å². The first-order valence-corrected chi connectivity index (χ1v) is 8.92. The van der Waals surface area contributed by atoms with Gasteiger partial charge in [-0.15, -0.1) is 0 Å². The molecule has 6 nitrogen and oxygen atoms in total. The summed E-state index contributed by atoms with van der Waals surface area (Å²) in [6, 6.07) is 16.7. The molecule has 0 atom stereocenters. The number of anilines is 1. The fourth-order valence-electron chi connectivity index (χ4n) is 2.37. The second-order valence-corrected chi connectivity index (χ2v) is 6.06. The molecule has 0 saturated carbocycles. The summed E-state index contributed by atoms with van der Waals surface area (Å²) < 4.78 is 6.93. The molecule has 0 unspecified atom stereocenters. The van der Waals surface area contributed by atoms with Crippen LogP contribution in [0.1, 0.15) is 18.9 Å². The highest BCUT2D eigenvalue weighted by Gasteiger charge is 2.10. The molecule has 0 aliphatic rings. The van der Waals surface area contributed by atoms with Gasteiger partial charge in [0.1, 0.15) is 16.5 Å². The van der Waals surface area contributed by atoms with E-state index in [0.29, 0.717) is 18.0 Å². The largest absolute Gasteiger partial charge is 0.493 e. The molecule has 0 amide bonds. The van der Waals surface area contributed by atoms with Crippen molar-refractivity contribution in [2.45, 2.75) is 13.3 Å². The van der Waals surface area contributed by atoms with E-state index >= 15 is 0 Å². The van der Waals surface area contributed by atoms with Gasteiger partial charge in [0.2, 0.25) is 0 Å². The number of ether oxygens (including phenoxy) is 1. The number of aromatic nitrogens is 2. The summed E-state index contributed by atoms with van der Waals surface area (Å²) in [6.45, 7) is 2.68. The van der Waals surface area contributed by atoms with Gasteiger partial charge in [-0.3, -0.25) is 10.2 Å². The van der Waals surface area contributed by atoms with E-state index in [1.807, 2.05) is 49.4 Å². The molecule has 0 saturated heterocycles. The zero-order valence-electron chi connectivity index (χ0n) is 14.8. The lowest BCUT2D eigenvalue weighted by Gasteiger charge is -2.08. The quantitative estimate of drug-likeness (QED) is 0.493. The number of benzene rings is 2. The summed E-state index contributed by atoms with van der Waals surface area (Å²) >= 11 is 6.20. The lowest BCUT2D eigenvalue weighted by molar-refractivity contribution is 0.317. The smallest absolute Gasteiger partial charge is 0.292 e. The molecule has 7 heteroatoms. The number of para-hydroxylation sites is 2. The molecule has 0 aliphatic carbocycles. The van der Waals surface area contributed by atoms with Crippen molar-refractivity contribution in [1.82, 2.24) is 9.78 Å². The van der Waals surface area contributed by atoms with Gasteiger partial charge in [-0.25, -0.2) is 0 Å². The third kappa shape index (κ3) is 4.54. The van der Waals surface area contributed by atoms with Crippen molar-refractivity contribution < 1.29 is 4.74 Å². The maximum Gasteiger partial charge on any atom is 0.292 e. The second-order valence-electron chi connectivity index (χ2n) is 5.68. The molecule has 0 aliphatic heterocycles. The van der Waals surface area contributed by atoms with E-state index < -0.39 is 5.56 Å². The predicted molar refractivity (Wildman–Crippen MR) is 108 cm³/mol. The van der Waals surface area contributed by atoms with Crippen LogP contribution in [0.25, 0.3) is 5.69 Å². The molecular formula is C20H19ClN4O2. The SMILES string of the molecule is CCCOc1ccccc1/C=N/Nc1cnn(-c2ccccc2)c(=O)c1Cl. The Morgan fingerprint density at radius 1 is 1.19 bits per heavy atom. The third-order valence-electron chi connectivity index (χ3n) is 3.69. The van der Waals surface area contributed by atoms with Gasteiger partial charge in [0.25, 0.3) is 5.56 Å². The fourth-order valence-corrected chi connectivity index (χ4v) is 2.54. The van der Waals surface area contributed by atoms with Crippen LogP contribution in [0.2, 0.25) is 5.02 Å². The molecule has 0 spiro atoms. The molecule has 138 valence electrons. The van der Waals surface area contributed by atoms with Crippen molar-refractivity contribution in [3.05, 3.63) is 81.7 Å². The number of rotatable bonds is 7. The highest BCUT2D eigenvalue weighted by atomic mass is 35.5. The number of nitrogens with zero attached hydrogens (tertiary/aromatic N) is 3. The number of hydrogen-bond donors (Lipinski definition) is 1. The molecule has 1 heterocycles. The monoisotopic (exact) mass is 382 g/mol. The summed E-state index contributed by atoms with van der Waals surface area (Å²) in [7, 11) is 0. The molecule has 0 fully saturated rings. The number of hydrogen-bond acceptors (Lipinski definition) is 5. The van der Waals surface area contributed by atoms with E-state index in [0.717, 1.165) is 17.7 Å². The number of hydrazone groups is 1. The van der Waals surface area contributed by atoms with Crippen molar-refractivity contribution in [2.24, 2.45) is 5.10 Å². The second kappa shape index (κ2) is 9.00. The van der Waals surface area contributed by atoms with Crippen LogP contribution < -0.4 is 15.7 Å². The number of nitrogens with one attached hydrogen (secondary N) is 1. The molecule has 3 rings (SSSR count). The predicted octanol–water partition coefficient (Wildman–Crippen LogP) is 4.12. The van der Waals surface area contributed by atoms with Crippen LogP contribution in [0.3, 0.4) is 0 Å². The van der Waals surface area contributed by atoms with E-state index in [9.17, 15) is 4.79 Å². The molecule has 1 aromatic heterocycles. The maximum atomic E-state index is 12.5. The van der Waals surface area contributed by atoms with Gasteiger partial charge >= 0.3 is 0 Å². The Morgan fingerprint density at radius 2 is 1.93 bits per heavy atom. The Bertz CT molecular complexity index is 987. The summed E-state index contributed by atoms with van der Waals surface area (Å²) in [5.74, 6) is 0.744. The lowest BCUT2D eigenvalue weighted by Crippen LogP contribution is -2.22. The van der Waals surface area contributed by atoms with E-state index in [1.165, 1.54) is 10.9 Å². The van der Waals surface area contributed by atoms with Crippen molar-refractivity contribution in [1.29, 1.82) is 0 Å². The summed E-state index contributed by atoms with van der Waals surface area (Å²) in [6.07, 6.45) is 4.00. The average molecular weight is 383 g/mol. The van der Waals surface area contributed by atoms with Gasteiger partial charge < -0.3 is 4.74 Å². The summed E-state index contributed by atoms with van der Waals surface area (Å²) in [5.41, 5.74) is 4.14. The molecule has 0 bridgehead atoms. The average Bonchev–Trinajstić information content (AvgIpc) is 2.71. The van der Waals surface area contributed by atoms with E-state index in [4.69, 9.17) is 16.3 Å². The van der Waals surface area contributed by atoms with E-state index in [2.05, 4.69) is 15.6 Å². The summed E-state index contributed by atoms with van der Waals surface area (Å²) in [4.78, 5) is 12.5. The maximum absolute atomic E-state index is 12.5. The Morgan fingerprint density at radius 3 is 2.70 bits per heavy atom. The molecule has 1 N–H and O–H groups in total. The van der Waals surface area contributed by atoms with E-state index in [1.54, 1.807) is 18.3 Å². The van der Waals surface area contributed by atoms with Crippen LogP contribution in [0.5, 0.6) is 5.75 Å². The summed E-state index contributed by atoms with van der Waals surface area (Å²) in [5, 5.41) is 8.32. The van der Waals surface area contributed by atoms with Gasteiger partial charge in [0.15, 0.2) is 0 Å². The van der Waals surface area contributed by atoms with Crippen LogP contribution in [0, 0.1) is 0 Å². The fraction of sp³-hybridized carbons (Fsp3) is 0.150. The molecule has 27 heavy (non-hydrogen) atoms. The van der Waals surface area contributed by atoms with Crippen molar-refractivity contribution in [3.8, 4) is 11.4 Å². The van der Waals surface area contributed by atoms with Crippen LogP contribution >= 0.6 is 11.6 Å². The molecule has 3 aromatic rings. The highest BCUT2D eigenvalue weighted by Crippen LogP contribution is 2.18. The van der Waals surface area contributed by atoms with Crippen LogP contribution in [0.4, 0.5) is 5.69 Å². The molecule has 0 radical (unpaired) electrons. The minimum Gasteiger partial charge on any atom is -0.493 e. The normalized spacial score (nSPS) is 10.9. The van der Waals surface area contributed by atoms with Crippen LogP contribution in [-0.4, -0.2) is 22.6 Å². The Labute approximate surface area is 162 Å². The number of halogens is 1. The first-order valence-electron chi connectivity index (χ1n) is 8.55. The van der Waals surface area contributed by atoms with E-state index in [-0.39, 0.29) is 5.02 Å². The minimum absolute atomic E-state index is 0.0153. The molecular weight excluding hydrogens is 364 g/mol. The van der Waals surface area contributed by atoms with Gasteiger partial charge in [-0.05, 0) is 30.7 Å². The third-order valence-corrected chi connectivity index (χ3v) is 4.05. The first kappa shape index (κ1) is 18.7. The standard InChI is InChI=1S/C20H19ClN4O2/c1-2-12-27-18-11-7-6-8-15(18)13-22-24-17-14-23-25(20(26)19(17)21)16-9-4-3-5-10-16/h3-11,13-14,24H,2,12H2,1H3/b22-13+. The first-order chi connectivity index (χ1) is 13.2. The Hall–Kier alpha value is -3.12. The van der Waals surface area contributed by atoms with Crippen LogP contribution in [-0.2, 0) is 0 Å². The van der Waals surface area contributed by atoms with Crippen molar-refractivity contribution in [2.75, 3.05) is 12.0 Å².